The second-order valence-electron chi connectivity index (χ2n) is 6.75. The number of fused-ring (bicyclic) bond motifs is 1. The van der Waals surface area contributed by atoms with Gasteiger partial charge in [-0.25, -0.2) is 4.98 Å². The van der Waals surface area contributed by atoms with Gasteiger partial charge in [-0.15, -0.1) is 11.3 Å². The van der Waals surface area contributed by atoms with Crippen LogP contribution >= 0.6 is 11.3 Å². The molecule has 2 atom stereocenters. The van der Waals surface area contributed by atoms with Crippen molar-refractivity contribution in [1.29, 1.82) is 0 Å². The fourth-order valence-corrected chi connectivity index (χ4v) is 4.60. The molecule has 4 heteroatoms. The summed E-state index contributed by atoms with van der Waals surface area (Å²) in [5.41, 5.74) is 2.70. The summed E-state index contributed by atoms with van der Waals surface area (Å²) in [6.45, 7) is 9.24. The lowest BCUT2D eigenvalue weighted by Gasteiger charge is -2.20. The molecule has 1 aromatic heterocycles. The van der Waals surface area contributed by atoms with Gasteiger partial charge in [-0.2, -0.15) is 0 Å². The van der Waals surface area contributed by atoms with E-state index >= 15 is 0 Å². The van der Waals surface area contributed by atoms with Crippen LogP contribution < -0.4 is 0 Å². The zero-order valence-corrected chi connectivity index (χ0v) is 13.9. The lowest BCUT2D eigenvalue weighted by Crippen LogP contribution is -2.28. The van der Waals surface area contributed by atoms with Crippen molar-refractivity contribution in [3.8, 4) is 0 Å². The van der Waals surface area contributed by atoms with Gasteiger partial charge in [0, 0.05) is 44.6 Å². The minimum atomic E-state index is 0.850. The molecule has 3 heterocycles. The molecule has 2 aliphatic rings. The number of aromatic nitrogens is 1. The third-order valence-corrected chi connectivity index (χ3v) is 5.76. The summed E-state index contributed by atoms with van der Waals surface area (Å²) in [4.78, 5) is 9.84. The van der Waals surface area contributed by atoms with Gasteiger partial charge in [0.05, 0.1) is 10.7 Å². The van der Waals surface area contributed by atoms with Crippen LogP contribution in [0.4, 0.5) is 0 Å². The minimum absolute atomic E-state index is 0.850. The maximum Gasteiger partial charge on any atom is 0.0897 e. The van der Waals surface area contributed by atoms with E-state index in [1.54, 1.807) is 11.3 Å². The normalized spacial score (nSPS) is 25.7. The highest BCUT2D eigenvalue weighted by molar-refractivity contribution is 7.09. The van der Waals surface area contributed by atoms with E-state index < -0.39 is 0 Å². The number of thiazole rings is 1. The van der Waals surface area contributed by atoms with Crippen LogP contribution in [0.25, 0.3) is 0 Å². The predicted molar refractivity (Wildman–Crippen MR) is 90.8 cm³/mol. The Morgan fingerprint density at radius 3 is 2.23 bits per heavy atom. The SMILES string of the molecule is Cc1nc(CN2C[C@H]3CN(Cc4ccccc4)C[C@H]3C2)cs1. The fraction of sp³-hybridized carbons (Fsp3) is 0.500. The Balaban J connectivity index is 1.31. The molecule has 0 saturated carbocycles. The number of aryl methyl sites for hydroxylation is 1. The second kappa shape index (κ2) is 6.11. The molecule has 2 fully saturated rings. The summed E-state index contributed by atoms with van der Waals surface area (Å²) >= 11 is 1.76. The Morgan fingerprint density at radius 1 is 1.00 bits per heavy atom. The van der Waals surface area contributed by atoms with Crippen molar-refractivity contribution in [2.45, 2.75) is 20.0 Å². The van der Waals surface area contributed by atoms with Gasteiger partial charge in [-0.3, -0.25) is 9.80 Å². The number of likely N-dealkylation sites (tertiary alicyclic amines) is 2. The Hall–Kier alpha value is -1.23. The quantitative estimate of drug-likeness (QED) is 0.865. The largest absolute Gasteiger partial charge is 0.298 e. The molecular weight excluding hydrogens is 290 g/mol. The van der Waals surface area contributed by atoms with Crippen LogP contribution in [0.3, 0.4) is 0 Å². The molecule has 0 radical (unpaired) electrons. The average molecular weight is 313 g/mol. The van der Waals surface area contributed by atoms with Gasteiger partial charge in [0.25, 0.3) is 0 Å². The summed E-state index contributed by atoms with van der Waals surface area (Å²) in [5.74, 6) is 1.70. The maximum atomic E-state index is 4.61. The van der Waals surface area contributed by atoms with E-state index in [9.17, 15) is 0 Å². The first kappa shape index (κ1) is 14.4. The summed E-state index contributed by atoms with van der Waals surface area (Å²) < 4.78 is 0. The van der Waals surface area contributed by atoms with Crippen molar-refractivity contribution in [3.63, 3.8) is 0 Å². The number of hydrogen-bond donors (Lipinski definition) is 0. The molecule has 0 amide bonds. The molecule has 2 saturated heterocycles. The van der Waals surface area contributed by atoms with Gasteiger partial charge in [0.15, 0.2) is 0 Å². The zero-order chi connectivity index (χ0) is 14.9. The molecule has 4 rings (SSSR count). The second-order valence-corrected chi connectivity index (χ2v) is 7.81. The number of nitrogens with zero attached hydrogens (tertiary/aromatic N) is 3. The van der Waals surface area contributed by atoms with Crippen molar-refractivity contribution in [1.82, 2.24) is 14.8 Å². The number of hydrogen-bond acceptors (Lipinski definition) is 4. The maximum absolute atomic E-state index is 4.61. The van der Waals surface area contributed by atoms with E-state index in [1.807, 2.05) is 0 Å². The molecule has 1 aromatic carbocycles. The van der Waals surface area contributed by atoms with Crippen LogP contribution in [0.15, 0.2) is 35.7 Å². The van der Waals surface area contributed by atoms with Crippen LogP contribution in [-0.4, -0.2) is 41.0 Å². The molecule has 2 aromatic rings. The highest BCUT2D eigenvalue weighted by atomic mass is 32.1. The highest BCUT2D eigenvalue weighted by Gasteiger charge is 2.39. The number of rotatable bonds is 4. The van der Waals surface area contributed by atoms with Crippen molar-refractivity contribution < 1.29 is 0 Å². The third kappa shape index (κ3) is 3.09. The topological polar surface area (TPSA) is 19.4 Å². The molecule has 3 nitrogen and oxygen atoms in total. The van der Waals surface area contributed by atoms with E-state index in [-0.39, 0.29) is 0 Å². The summed E-state index contributed by atoms with van der Waals surface area (Å²) in [6, 6.07) is 10.9. The van der Waals surface area contributed by atoms with E-state index in [4.69, 9.17) is 0 Å². The Kier molecular flexibility index (Phi) is 3.99. The average Bonchev–Trinajstić information content (AvgIpc) is 3.16. The van der Waals surface area contributed by atoms with Gasteiger partial charge in [0.2, 0.25) is 0 Å². The van der Waals surface area contributed by atoms with Gasteiger partial charge in [-0.05, 0) is 24.3 Å². The van der Waals surface area contributed by atoms with Gasteiger partial charge >= 0.3 is 0 Å². The monoisotopic (exact) mass is 313 g/mol. The lowest BCUT2D eigenvalue weighted by molar-refractivity contribution is 0.245. The van der Waals surface area contributed by atoms with Crippen molar-refractivity contribution in [2.75, 3.05) is 26.2 Å². The minimum Gasteiger partial charge on any atom is -0.298 e. The number of benzene rings is 1. The molecular formula is C18H23N3S. The zero-order valence-electron chi connectivity index (χ0n) is 13.1. The molecule has 2 aliphatic heterocycles. The van der Waals surface area contributed by atoms with Gasteiger partial charge < -0.3 is 0 Å². The standard InChI is InChI=1S/C18H23N3S/c1-14-19-18(13-22-14)12-21-10-16-8-20(9-17(16)11-21)7-15-5-3-2-4-6-15/h2-6,13,16-17H,7-12H2,1H3/t16-,17+. The van der Waals surface area contributed by atoms with Crippen LogP contribution in [-0.2, 0) is 13.1 Å². The van der Waals surface area contributed by atoms with Gasteiger partial charge in [-0.1, -0.05) is 30.3 Å². The van der Waals surface area contributed by atoms with Crippen LogP contribution in [0.2, 0.25) is 0 Å². The van der Waals surface area contributed by atoms with Crippen LogP contribution in [0.1, 0.15) is 16.3 Å². The van der Waals surface area contributed by atoms with E-state index in [0.717, 1.165) is 24.9 Å². The fourth-order valence-electron chi connectivity index (χ4n) is 4.00. The molecule has 22 heavy (non-hydrogen) atoms. The Bertz CT molecular complexity index is 610. The van der Waals surface area contributed by atoms with Crippen molar-refractivity contribution >= 4 is 11.3 Å². The Labute approximate surface area is 136 Å². The summed E-state index contributed by atoms with van der Waals surface area (Å²) in [7, 11) is 0. The van der Waals surface area contributed by atoms with E-state index in [0.29, 0.717) is 0 Å². The molecule has 0 unspecified atom stereocenters. The molecule has 116 valence electrons. The lowest BCUT2D eigenvalue weighted by atomic mass is 10.0. The molecule has 0 spiro atoms. The van der Waals surface area contributed by atoms with Crippen molar-refractivity contribution in [3.05, 3.63) is 52.0 Å². The van der Waals surface area contributed by atoms with Crippen LogP contribution in [0.5, 0.6) is 0 Å². The highest BCUT2D eigenvalue weighted by Crippen LogP contribution is 2.32. The Morgan fingerprint density at radius 2 is 1.64 bits per heavy atom. The first-order valence-corrected chi connectivity index (χ1v) is 9.04. The van der Waals surface area contributed by atoms with Crippen LogP contribution in [0, 0.1) is 18.8 Å². The molecule has 0 aliphatic carbocycles. The van der Waals surface area contributed by atoms with Gasteiger partial charge in [0.1, 0.15) is 0 Å². The molecule has 0 bridgehead atoms. The van der Waals surface area contributed by atoms with Crippen molar-refractivity contribution in [2.24, 2.45) is 11.8 Å². The summed E-state index contributed by atoms with van der Waals surface area (Å²) in [5, 5.41) is 3.40. The smallest absolute Gasteiger partial charge is 0.0897 e. The first-order chi connectivity index (χ1) is 10.8. The van der Waals surface area contributed by atoms with E-state index in [1.165, 1.54) is 42.4 Å². The third-order valence-electron chi connectivity index (χ3n) is 4.94. The first-order valence-electron chi connectivity index (χ1n) is 8.16. The predicted octanol–water partition coefficient (Wildman–Crippen LogP) is 3.02. The molecule has 0 N–H and O–H groups in total. The summed E-state index contributed by atoms with van der Waals surface area (Å²) in [6.07, 6.45) is 0. The van der Waals surface area contributed by atoms with E-state index in [2.05, 4.69) is 57.4 Å².